The molecular weight excluding hydrogens is 278 g/mol. The van der Waals surface area contributed by atoms with Crippen molar-refractivity contribution in [2.75, 3.05) is 0 Å². The van der Waals surface area contributed by atoms with Crippen molar-refractivity contribution in [1.82, 2.24) is 5.32 Å². The van der Waals surface area contributed by atoms with Gasteiger partial charge in [0.1, 0.15) is 0 Å². The van der Waals surface area contributed by atoms with E-state index >= 15 is 0 Å². The number of benzene rings is 1. The molecular formula is C18H23NOS. The number of nitrogens with one attached hydrogen (secondary N) is 1. The van der Waals surface area contributed by atoms with Crippen molar-refractivity contribution >= 4 is 17.2 Å². The van der Waals surface area contributed by atoms with Gasteiger partial charge >= 0.3 is 0 Å². The standard InChI is InChI=1S/C18H23NOS/c1-13(2)11-15-6-8-16(9-7-15)14(3)19-18(20)12-17-5-4-10-21-17/h4-10,13-14H,11-12H2,1-3H3,(H,19,20). The summed E-state index contributed by atoms with van der Waals surface area (Å²) in [5, 5.41) is 5.06. The Kier molecular flexibility index (Phi) is 5.57. The molecule has 1 heterocycles. The molecule has 0 saturated carbocycles. The first-order valence-corrected chi connectivity index (χ1v) is 8.33. The van der Waals surface area contributed by atoms with Crippen LogP contribution in [0, 0.1) is 5.92 Å². The third-order valence-corrected chi connectivity index (χ3v) is 4.29. The zero-order chi connectivity index (χ0) is 15.2. The summed E-state index contributed by atoms with van der Waals surface area (Å²) < 4.78 is 0. The number of carbonyl (C=O) groups excluding carboxylic acids is 1. The van der Waals surface area contributed by atoms with Crippen LogP contribution in [0.25, 0.3) is 0 Å². The highest BCUT2D eigenvalue weighted by Crippen LogP contribution is 2.16. The molecule has 0 saturated heterocycles. The van der Waals surface area contributed by atoms with Crippen molar-refractivity contribution in [1.29, 1.82) is 0 Å². The van der Waals surface area contributed by atoms with Crippen LogP contribution in [0.1, 0.15) is 42.8 Å². The summed E-state index contributed by atoms with van der Waals surface area (Å²) in [5.74, 6) is 0.745. The summed E-state index contributed by atoms with van der Waals surface area (Å²) in [4.78, 5) is 13.1. The van der Waals surface area contributed by atoms with Gasteiger partial charge in [0, 0.05) is 4.88 Å². The monoisotopic (exact) mass is 301 g/mol. The third-order valence-electron chi connectivity index (χ3n) is 3.42. The summed E-state index contributed by atoms with van der Waals surface area (Å²) in [5.41, 5.74) is 2.51. The highest BCUT2D eigenvalue weighted by molar-refractivity contribution is 7.10. The predicted molar refractivity (Wildman–Crippen MR) is 89.6 cm³/mol. The molecule has 1 aromatic heterocycles. The van der Waals surface area contributed by atoms with E-state index in [4.69, 9.17) is 0 Å². The Bertz CT molecular complexity index is 557. The Morgan fingerprint density at radius 1 is 1.14 bits per heavy atom. The number of rotatable bonds is 6. The fourth-order valence-electron chi connectivity index (χ4n) is 2.36. The first-order valence-electron chi connectivity index (χ1n) is 7.45. The minimum atomic E-state index is 0.0468. The van der Waals surface area contributed by atoms with Crippen LogP contribution in [0.2, 0.25) is 0 Å². The van der Waals surface area contributed by atoms with Crippen LogP contribution >= 0.6 is 11.3 Å². The van der Waals surface area contributed by atoms with Crippen LogP contribution in [-0.4, -0.2) is 5.91 Å². The van der Waals surface area contributed by atoms with E-state index in [-0.39, 0.29) is 11.9 Å². The quantitative estimate of drug-likeness (QED) is 0.843. The van der Waals surface area contributed by atoms with E-state index in [1.165, 1.54) is 5.56 Å². The van der Waals surface area contributed by atoms with Crippen LogP contribution in [0.3, 0.4) is 0 Å². The van der Waals surface area contributed by atoms with Crippen molar-refractivity contribution < 1.29 is 4.79 Å². The lowest BCUT2D eigenvalue weighted by Gasteiger charge is -2.15. The molecule has 0 radical (unpaired) electrons. The molecule has 2 aromatic rings. The van der Waals surface area contributed by atoms with Gasteiger partial charge in [0.15, 0.2) is 0 Å². The number of hydrogen-bond acceptors (Lipinski definition) is 2. The van der Waals surface area contributed by atoms with Crippen LogP contribution in [-0.2, 0) is 17.6 Å². The van der Waals surface area contributed by atoms with Crippen LogP contribution in [0.4, 0.5) is 0 Å². The van der Waals surface area contributed by atoms with Crippen molar-refractivity contribution in [3.05, 3.63) is 57.8 Å². The van der Waals surface area contributed by atoms with E-state index in [0.717, 1.165) is 16.9 Å². The fraction of sp³-hybridized carbons (Fsp3) is 0.389. The van der Waals surface area contributed by atoms with E-state index in [1.54, 1.807) is 11.3 Å². The highest BCUT2D eigenvalue weighted by Gasteiger charge is 2.10. The average Bonchev–Trinajstić information content (AvgIpc) is 2.91. The maximum atomic E-state index is 12.0. The van der Waals surface area contributed by atoms with Gasteiger partial charge in [-0.1, -0.05) is 44.2 Å². The molecule has 1 aromatic carbocycles. The maximum Gasteiger partial charge on any atom is 0.225 e. The van der Waals surface area contributed by atoms with Gasteiger partial charge in [0.2, 0.25) is 5.91 Å². The second-order valence-electron chi connectivity index (χ2n) is 5.88. The lowest BCUT2D eigenvalue weighted by molar-refractivity contribution is -0.121. The molecule has 0 aliphatic rings. The van der Waals surface area contributed by atoms with E-state index in [2.05, 4.69) is 43.4 Å². The molecule has 3 heteroatoms. The molecule has 2 rings (SSSR count). The molecule has 0 fully saturated rings. The van der Waals surface area contributed by atoms with Crippen molar-refractivity contribution in [3.8, 4) is 0 Å². The molecule has 0 aliphatic heterocycles. The lowest BCUT2D eigenvalue weighted by atomic mass is 10.00. The van der Waals surface area contributed by atoms with Gasteiger partial charge in [0.25, 0.3) is 0 Å². The predicted octanol–water partition coefficient (Wildman–Crippen LogP) is 4.37. The first kappa shape index (κ1) is 15.8. The lowest BCUT2D eigenvalue weighted by Crippen LogP contribution is -2.27. The van der Waals surface area contributed by atoms with Gasteiger partial charge in [-0.2, -0.15) is 0 Å². The van der Waals surface area contributed by atoms with E-state index in [9.17, 15) is 4.79 Å². The Balaban J connectivity index is 1.90. The zero-order valence-electron chi connectivity index (χ0n) is 12.9. The smallest absolute Gasteiger partial charge is 0.225 e. The Morgan fingerprint density at radius 3 is 2.43 bits per heavy atom. The summed E-state index contributed by atoms with van der Waals surface area (Å²) in [6.45, 7) is 6.48. The first-order chi connectivity index (χ1) is 10.0. The third kappa shape index (κ3) is 5.01. The number of hydrogen-bond donors (Lipinski definition) is 1. The zero-order valence-corrected chi connectivity index (χ0v) is 13.7. The molecule has 1 unspecified atom stereocenters. The molecule has 0 spiro atoms. The summed E-state index contributed by atoms with van der Waals surface area (Å²) in [7, 11) is 0. The van der Waals surface area contributed by atoms with Crippen molar-refractivity contribution in [2.45, 2.75) is 39.7 Å². The van der Waals surface area contributed by atoms with Gasteiger partial charge in [-0.15, -0.1) is 11.3 Å². The topological polar surface area (TPSA) is 29.1 Å². The van der Waals surface area contributed by atoms with Gasteiger partial charge < -0.3 is 5.32 Å². The minimum absolute atomic E-state index is 0.0468. The maximum absolute atomic E-state index is 12.0. The SMILES string of the molecule is CC(C)Cc1ccc(C(C)NC(=O)Cc2cccs2)cc1. The number of thiophene rings is 1. The highest BCUT2D eigenvalue weighted by atomic mass is 32.1. The van der Waals surface area contributed by atoms with Gasteiger partial charge in [-0.25, -0.2) is 0 Å². The number of amides is 1. The van der Waals surface area contributed by atoms with Gasteiger partial charge in [0.05, 0.1) is 12.5 Å². The number of carbonyl (C=O) groups is 1. The van der Waals surface area contributed by atoms with Crippen molar-refractivity contribution in [2.24, 2.45) is 5.92 Å². The van der Waals surface area contributed by atoms with Gasteiger partial charge in [-0.3, -0.25) is 4.79 Å². The molecule has 2 nitrogen and oxygen atoms in total. The molecule has 21 heavy (non-hydrogen) atoms. The largest absolute Gasteiger partial charge is 0.349 e. The van der Waals surface area contributed by atoms with E-state index in [0.29, 0.717) is 12.3 Å². The van der Waals surface area contributed by atoms with Crippen LogP contribution < -0.4 is 5.32 Å². The molecule has 1 amide bonds. The average molecular weight is 301 g/mol. The molecule has 112 valence electrons. The summed E-state index contributed by atoms with van der Waals surface area (Å²) in [6.07, 6.45) is 1.56. The molecule has 0 bridgehead atoms. The Labute approximate surface area is 131 Å². The second-order valence-corrected chi connectivity index (χ2v) is 6.92. The molecule has 1 atom stereocenters. The second kappa shape index (κ2) is 7.41. The normalized spacial score (nSPS) is 12.4. The minimum Gasteiger partial charge on any atom is -0.349 e. The molecule has 1 N–H and O–H groups in total. The van der Waals surface area contributed by atoms with E-state index < -0.39 is 0 Å². The summed E-state index contributed by atoms with van der Waals surface area (Å²) in [6, 6.07) is 12.6. The summed E-state index contributed by atoms with van der Waals surface area (Å²) >= 11 is 1.62. The Morgan fingerprint density at radius 2 is 1.86 bits per heavy atom. The fourth-order valence-corrected chi connectivity index (χ4v) is 3.06. The van der Waals surface area contributed by atoms with Crippen LogP contribution in [0.15, 0.2) is 41.8 Å². The van der Waals surface area contributed by atoms with Gasteiger partial charge in [-0.05, 0) is 41.8 Å². The van der Waals surface area contributed by atoms with E-state index in [1.807, 2.05) is 24.4 Å². The van der Waals surface area contributed by atoms with Crippen LogP contribution in [0.5, 0.6) is 0 Å². The Hall–Kier alpha value is -1.61. The molecule has 0 aliphatic carbocycles. The van der Waals surface area contributed by atoms with Crippen molar-refractivity contribution in [3.63, 3.8) is 0 Å².